The van der Waals surface area contributed by atoms with Crippen molar-refractivity contribution in [2.75, 3.05) is 26.7 Å². The Labute approximate surface area is 124 Å². The van der Waals surface area contributed by atoms with Gasteiger partial charge in [-0.1, -0.05) is 0 Å². The van der Waals surface area contributed by atoms with Gasteiger partial charge in [0.25, 0.3) is 5.91 Å². The summed E-state index contributed by atoms with van der Waals surface area (Å²) < 4.78 is 5.55. The van der Waals surface area contributed by atoms with Gasteiger partial charge in [0.1, 0.15) is 0 Å². The molecule has 1 rings (SSSR count). The number of rotatable bonds is 6. The third-order valence-electron chi connectivity index (χ3n) is 2.33. The van der Waals surface area contributed by atoms with Crippen molar-refractivity contribution in [3.05, 3.63) is 22.6 Å². The summed E-state index contributed by atoms with van der Waals surface area (Å²) in [5.74, 6) is -0.970. The van der Waals surface area contributed by atoms with E-state index in [0.717, 1.165) is 0 Å². The molecule has 0 aliphatic rings. The first kappa shape index (κ1) is 16.2. The van der Waals surface area contributed by atoms with Crippen LogP contribution in [0.5, 0.6) is 0 Å². The lowest BCUT2D eigenvalue weighted by atomic mass is 10.4. The highest BCUT2D eigenvalue weighted by molar-refractivity contribution is 9.10. The van der Waals surface area contributed by atoms with Crippen LogP contribution in [0.1, 0.15) is 17.5 Å². The second-order valence-corrected chi connectivity index (χ2v) is 4.78. The van der Waals surface area contributed by atoms with Crippen LogP contribution in [0.4, 0.5) is 0 Å². The van der Waals surface area contributed by atoms with E-state index in [9.17, 15) is 14.4 Å². The molecule has 1 heterocycles. The summed E-state index contributed by atoms with van der Waals surface area (Å²) in [5.41, 5.74) is 0. The molecule has 0 spiro atoms. The molecule has 3 amide bonds. The van der Waals surface area contributed by atoms with Crippen LogP contribution < -0.4 is 10.6 Å². The third kappa shape index (κ3) is 5.04. The topological polar surface area (TPSA) is 91.7 Å². The van der Waals surface area contributed by atoms with E-state index in [1.807, 2.05) is 0 Å². The molecular formula is C12H16BrN3O4. The average Bonchev–Trinajstić information content (AvgIpc) is 2.82. The van der Waals surface area contributed by atoms with Gasteiger partial charge < -0.3 is 20.0 Å². The standard InChI is InChI=1S/C12H16BrN3O4/c1-3-14-10(17)6-15-11(18)7-16(2)12(19)8-4-5-9(13)20-8/h4-5H,3,6-7H2,1-2H3,(H,14,17)(H,15,18). The molecule has 0 atom stereocenters. The summed E-state index contributed by atoms with van der Waals surface area (Å²) in [6.07, 6.45) is 0. The minimum atomic E-state index is -0.419. The number of likely N-dealkylation sites (N-methyl/N-ethyl adjacent to an activating group) is 2. The molecule has 0 radical (unpaired) electrons. The van der Waals surface area contributed by atoms with Gasteiger partial charge in [0, 0.05) is 13.6 Å². The van der Waals surface area contributed by atoms with Gasteiger partial charge in [-0.3, -0.25) is 14.4 Å². The van der Waals surface area contributed by atoms with Gasteiger partial charge in [0.15, 0.2) is 10.4 Å². The van der Waals surface area contributed by atoms with Crippen LogP contribution in [0.2, 0.25) is 0 Å². The highest BCUT2D eigenvalue weighted by atomic mass is 79.9. The SMILES string of the molecule is CCNC(=O)CNC(=O)CN(C)C(=O)c1ccc(Br)o1. The second kappa shape index (κ2) is 7.68. The van der Waals surface area contributed by atoms with Crippen molar-refractivity contribution < 1.29 is 18.8 Å². The molecule has 110 valence electrons. The Balaban J connectivity index is 2.41. The molecule has 0 saturated heterocycles. The molecule has 0 bridgehead atoms. The van der Waals surface area contributed by atoms with Crippen molar-refractivity contribution >= 4 is 33.7 Å². The molecule has 0 saturated carbocycles. The van der Waals surface area contributed by atoms with Crippen LogP contribution in [0.3, 0.4) is 0 Å². The number of hydrogen-bond donors (Lipinski definition) is 2. The fraction of sp³-hybridized carbons (Fsp3) is 0.417. The summed E-state index contributed by atoms with van der Waals surface area (Å²) in [6, 6.07) is 3.10. The number of nitrogens with zero attached hydrogens (tertiary/aromatic N) is 1. The summed E-state index contributed by atoms with van der Waals surface area (Å²) in [7, 11) is 1.48. The van der Waals surface area contributed by atoms with E-state index >= 15 is 0 Å². The van der Waals surface area contributed by atoms with E-state index < -0.39 is 11.8 Å². The zero-order valence-corrected chi connectivity index (χ0v) is 12.8. The highest BCUT2D eigenvalue weighted by Gasteiger charge is 2.18. The van der Waals surface area contributed by atoms with Crippen molar-refractivity contribution in [2.45, 2.75) is 6.92 Å². The summed E-state index contributed by atoms with van der Waals surface area (Å²) >= 11 is 3.09. The Morgan fingerprint density at radius 1 is 1.25 bits per heavy atom. The summed E-state index contributed by atoms with van der Waals surface area (Å²) in [5, 5.41) is 4.98. The van der Waals surface area contributed by atoms with Crippen LogP contribution in [-0.2, 0) is 9.59 Å². The maximum atomic E-state index is 11.9. The number of hydrogen-bond acceptors (Lipinski definition) is 4. The van der Waals surface area contributed by atoms with E-state index in [1.165, 1.54) is 18.0 Å². The number of carbonyl (C=O) groups excluding carboxylic acids is 3. The second-order valence-electron chi connectivity index (χ2n) is 4.00. The first-order chi connectivity index (χ1) is 9.43. The fourth-order valence-electron chi connectivity index (χ4n) is 1.40. The van der Waals surface area contributed by atoms with E-state index in [4.69, 9.17) is 4.42 Å². The Morgan fingerprint density at radius 2 is 1.95 bits per heavy atom. The van der Waals surface area contributed by atoms with Crippen LogP contribution in [0.25, 0.3) is 0 Å². The third-order valence-corrected chi connectivity index (χ3v) is 2.76. The van der Waals surface area contributed by atoms with Gasteiger partial charge >= 0.3 is 0 Å². The maximum absolute atomic E-state index is 11.9. The first-order valence-corrected chi connectivity index (χ1v) is 6.77. The number of carbonyl (C=O) groups is 3. The van der Waals surface area contributed by atoms with Gasteiger partial charge in [-0.25, -0.2) is 0 Å². The van der Waals surface area contributed by atoms with Gasteiger partial charge in [-0.05, 0) is 35.0 Å². The van der Waals surface area contributed by atoms with Gasteiger partial charge in [0.05, 0.1) is 13.1 Å². The van der Waals surface area contributed by atoms with E-state index in [0.29, 0.717) is 11.2 Å². The molecule has 1 aromatic heterocycles. The van der Waals surface area contributed by atoms with E-state index in [-0.39, 0.29) is 24.8 Å². The lowest BCUT2D eigenvalue weighted by molar-refractivity contribution is -0.126. The molecular weight excluding hydrogens is 330 g/mol. The predicted octanol–water partition coefficient (Wildman–Crippen LogP) is 0.366. The lowest BCUT2D eigenvalue weighted by Gasteiger charge is -2.15. The number of furan rings is 1. The first-order valence-electron chi connectivity index (χ1n) is 5.98. The highest BCUT2D eigenvalue weighted by Crippen LogP contribution is 2.15. The normalized spacial score (nSPS) is 9.95. The molecule has 2 N–H and O–H groups in total. The minimum Gasteiger partial charge on any atom is -0.444 e. The molecule has 0 aliphatic heterocycles. The molecule has 1 aromatic rings. The maximum Gasteiger partial charge on any atom is 0.289 e. The van der Waals surface area contributed by atoms with Crippen molar-refractivity contribution in [3.8, 4) is 0 Å². The molecule has 20 heavy (non-hydrogen) atoms. The van der Waals surface area contributed by atoms with Crippen LogP contribution in [-0.4, -0.2) is 49.3 Å². The average molecular weight is 346 g/mol. The Kier molecular flexibility index (Phi) is 6.23. The van der Waals surface area contributed by atoms with Crippen molar-refractivity contribution in [1.29, 1.82) is 0 Å². The lowest BCUT2D eigenvalue weighted by Crippen LogP contribution is -2.42. The molecule has 8 heteroatoms. The van der Waals surface area contributed by atoms with Crippen molar-refractivity contribution in [3.63, 3.8) is 0 Å². The Hall–Kier alpha value is -1.83. The van der Waals surface area contributed by atoms with Crippen LogP contribution in [0, 0.1) is 0 Å². The Bertz CT molecular complexity index is 501. The van der Waals surface area contributed by atoms with Gasteiger partial charge in [0.2, 0.25) is 11.8 Å². The van der Waals surface area contributed by atoms with E-state index in [1.54, 1.807) is 13.0 Å². The van der Waals surface area contributed by atoms with Gasteiger partial charge in [-0.15, -0.1) is 0 Å². The number of nitrogens with one attached hydrogen (secondary N) is 2. The summed E-state index contributed by atoms with van der Waals surface area (Å²) in [6.45, 7) is 2.02. The molecule has 0 aliphatic carbocycles. The predicted molar refractivity (Wildman–Crippen MR) is 75.1 cm³/mol. The quantitative estimate of drug-likeness (QED) is 0.778. The Morgan fingerprint density at radius 3 is 2.50 bits per heavy atom. The molecule has 0 unspecified atom stereocenters. The largest absolute Gasteiger partial charge is 0.444 e. The summed E-state index contributed by atoms with van der Waals surface area (Å²) in [4.78, 5) is 35.8. The van der Waals surface area contributed by atoms with Crippen molar-refractivity contribution in [2.24, 2.45) is 0 Å². The van der Waals surface area contributed by atoms with E-state index in [2.05, 4.69) is 26.6 Å². The van der Waals surface area contributed by atoms with Crippen LogP contribution in [0.15, 0.2) is 21.2 Å². The van der Waals surface area contributed by atoms with Crippen LogP contribution >= 0.6 is 15.9 Å². The minimum absolute atomic E-state index is 0.110. The monoisotopic (exact) mass is 345 g/mol. The number of amides is 3. The molecule has 7 nitrogen and oxygen atoms in total. The number of halogens is 1. The molecule has 0 aromatic carbocycles. The zero-order chi connectivity index (χ0) is 15.1. The molecule has 0 fully saturated rings. The van der Waals surface area contributed by atoms with Crippen molar-refractivity contribution in [1.82, 2.24) is 15.5 Å². The zero-order valence-electron chi connectivity index (χ0n) is 11.2. The smallest absolute Gasteiger partial charge is 0.289 e. The fourth-order valence-corrected chi connectivity index (χ4v) is 1.71. The van der Waals surface area contributed by atoms with Gasteiger partial charge in [-0.2, -0.15) is 0 Å².